The van der Waals surface area contributed by atoms with Crippen molar-refractivity contribution in [2.45, 2.75) is 0 Å². The van der Waals surface area contributed by atoms with E-state index in [9.17, 15) is 4.79 Å². The summed E-state index contributed by atoms with van der Waals surface area (Å²) in [4.78, 5) is 18.5. The third-order valence-corrected chi connectivity index (χ3v) is 2.27. The molecule has 0 bridgehead atoms. The number of hydrogen-bond donors (Lipinski definition) is 0. The van der Waals surface area contributed by atoms with Crippen LogP contribution in [0.25, 0.3) is 11.4 Å². The van der Waals surface area contributed by atoms with Gasteiger partial charge in [0.2, 0.25) is 0 Å². The highest BCUT2D eigenvalue weighted by Crippen LogP contribution is 2.21. The first-order valence-corrected chi connectivity index (χ1v) is 5.36. The normalized spacial score (nSPS) is 9.83. The van der Waals surface area contributed by atoms with Crippen LogP contribution in [0, 0.1) is 0 Å². The van der Waals surface area contributed by atoms with Crippen LogP contribution in [0.3, 0.4) is 0 Å². The number of rotatable bonds is 5. The molecule has 0 aliphatic rings. The minimum atomic E-state index is 0.00185. The zero-order chi connectivity index (χ0) is 12.8. The van der Waals surface area contributed by atoms with E-state index in [0.717, 1.165) is 11.3 Å². The molecule has 0 aliphatic carbocycles. The van der Waals surface area contributed by atoms with E-state index in [-0.39, 0.29) is 6.61 Å². The van der Waals surface area contributed by atoms with Crippen LogP contribution in [-0.4, -0.2) is 30.0 Å². The fourth-order valence-electron chi connectivity index (χ4n) is 1.43. The van der Waals surface area contributed by atoms with Crippen molar-refractivity contribution in [1.29, 1.82) is 0 Å². The van der Waals surface area contributed by atoms with E-state index in [4.69, 9.17) is 9.47 Å². The molecule has 1 aromatic carbocycles. The Morgan fingerprint density at radius 2 is 2.00 bits per heavy atom. The summed E-state index contributed by atoms with van der Waals surface area (Å²) in [5.74, 6) is 1.79. The van der Waals surface area contributed by atoms with Crippen molar-refractivity contribution >= 4 is 6.29 Å². The monoisotopic (exact) mass is 244 g/mol. The van der Waals surface area contributed by atoms with Crippen LogP contribution in [0.2, 0.25) is 0 Å². The number of aromatic nitrogens is 2. The second kappa shape index (κ2) is 5.77. The van der Waals surface area contributed by atoms with Crippen molar-refractivity contribution in [2.75, 3.05) is 13.7 Å². The molecule has 0 atom stereocenters. The van der Waals surface area contributed by atoms with E-state index >= 15 is 0 Å². The second-order valence-electron chi connectivity index (χ2n) is 3.45. The minimum absolute atomic E-state index is 0.00185. The van der Waals surface area contributed by atoms with E-state index in [2.05, 4.69) is 9.97 Å². The molecule has 0 spiro atoms. The van der Waals surface area contributed by atoms with Gasteiger partial charge in [-0.25, -0.2) is 9.97 Å². The largest absolute Gasteiger partial charge is 0.497 e. The van der Waals surface area contributed by atoms with Gasteiger partial charge in [-0.15, -0.1) is 0 Å². The molecule has 1 aromatic heterocycles. The lowest BCUT2D eigenvalue weighted by atomic mass is 10.2. The number of benzene rings is 1. The van der Waals surface area contributed by atoms with Crippen molar-refractivity contribution in [3.05, 3.63) is 36.7 Å². The van der Waals surface area contributed by atoms with Gasteiger partial charge in [-0.3, -0.25) is 4.79 Å². The standard InChI is InChI=1S/C13H12N2O3/c1-17-11-4-2-3-10(7-11)13-14-8-12(9-15-13)18-6-5-16/h2-5,7-9H,6H2,1H3. The molecule has 0 radical (unpaired) electrons. The average Bonchev–Trinajstić information content (AvgIpc) is 2.46. The van der Waals surface area contributed by atoms with Gasteiger partial charge in [0.25, 0.3) is 0 Å². The lowest BCUT2D eigenvalue weighted by Crippen LogP contribution is -1.99. The number of carbonyl (C=O) groups excluding carboxylic acids is 1. The first-order valence-electron chi connectivity index (χ1n) is 5.36. The van der Waals surface area contributed by atoms with Crippen LogP contribution in [0.1, 0.15) is 0 Å². The molecule has 1 heterocycles. The molecule has 92 valence electrons. The molecule has 0 saturated heterocycles. The Kier molecular flexibility index (Phi) is 3.86. The summed E-state index contributed by atoms with van der Waals surface area (Å²) in [7, 11) is 1.61. The Morgan fingerprint density at radius 3 is 2.67 bits per heavy atom. The number of nitrogens with zero attached hydrogens (tertiary/aromatic N) is 2. The molecule has 2 rings (SSSR count). The summed E-state index contributed by atoms with van der Waals surface area (Å²) >= 11 is 0. The zero-order valence-electron chi connectivity index (χ0n) is 9.87. The van der Waals surface area contributed by atoms with E-state index in [0.29, 0.717) is 17.9 Å². The zero-order valence-corrected chi connectivity index (χ0v) is 9.87. The molecule has 0 N–H and O–H groups in total. The van der Waals surface area contributed by atoms with Gasteiger partial charge >= 0.3 is 0 Å². The van der Waals surface area contributed by atoms with Crippen LogP contribution in [0.15, 0.2) is 36.7 Å². The number of ether oxygens (including phenoxy) is 2. The maximum absolute atomic E-state index is 10.2. The number of hydrogen-bond acceptors (Lipinski definition) is 5. The van der Waals surface area contributed by atoms with Gasteiger partial charge in [0.05, 0.1) is 19.5 Å². The van der Waals surface area contributed by atoms with E-state index in [1.165, 1.54) is 12.4 Å². The predicted molar refractivity (Wildman–Crippen MR) is 65.6 cm³/mol. The SMILES string of the molecule is COc1cccc(-c2ncc(OCC=O)cn2)c1. The van der Waals surface area contributed by atoms with Gasteiger partial charge in [0.1, 0.15) is 12.4 Å². The molecule has 5 nitrogen and oxygen atoms in total. The highest BCUT2D eigenvalue weighted by atomic mass is 16.5. The van der Waals surface area contributed by atoms with Crippen molar-refractivity contribution < 1.29 is 14.3 Å². The van der Waals surface area contributed by atoms with Crippen LogP contribution < -0.4 is 9.47 Å². The second-order valence-corrected chi connectivity index (χ2v) is 3.45. The maximum Gasteiger partial charge on any atom is 0.159 e. The molecule has 0 fully saturated rings. The quantitative estimate of drug-likeness (QED) is 0.749. The summed E-state index contributed by atoms with van der Waals surface area (Å²) < 4.78 is 10.2. The number of aldehydes is 1. The summed E-state index contributed by atoms with van der Waals surface area (Å²) in [6, 6.07) is 7.46. The molecule has 0 aliphatic heterocycles. The molecule has 0 saturated carbocycles. The topological polar surface area (TPSA) is 61.3 Å². The Morgan fingerprint density at radius 1 is 1.22 bits per heavy atom. The number of carbonyl (C=O) groups is 1. The van der Waals surface area contributed by atoms with Crippen LogP contribution in [0.5, 0.6) is 11.5 Å². The van der Waals surface area contributed by atoms with E-state index in [1.807, 2.05) is 24.3 Å². The average molecular weight is 244 g/mol. The summed E-state index contributed by atoms with van der Waals surface area (Å²) in [6.45, 7) is 0.00185. The highest BCUT2D eigenvalue weighted by Gasteiger charge is 2.03. The molecule has 5 heteroatoms. The lowest BCUT2D eigenvalue weighted by Gasteiger charge is -2.04. The molecule has 0 amide bonds. The van der Waals surface area contributed by atoms with Crippen molar-refractivity contribution in [2.24, 2.45) is 0 Å². The first kappa shape index (κ1) is 12.0. The van der Waals surface area contributed by atoms with Gasteiger partial charge < -0.3 is 9.47 Å². The Bertz CT molecular complexity index is 526. The Labute approximate surface area is 104 Å². The van der Waals surface area contributed by atoms with Crippen molar-refractivity contribution in [3.63, 3.8) is 0 Å². The maximum atomic E-state index is 10.2. The van der Waals surface area contributed by atoms with E-state index in [1.54, 1.807) is 7.11 Å². The van der Waals surface area contributed by atoms with Gasteiger partial charge in [0, 0.05) is 5.56 Å². The van der Waals surface area contributed by atoms with Gasteiger partial charge in [-0.2, -0.15) is 0 Å². The predicted octanol–water partition coefficient (Wildman–Crippen LogP) is 1.73. The van der Waals surface area contributed by atoms with E-state index < -0.39 is 0 Å². The molecule has 18 heavy (non-hydrogen) atoms. The van der Waals surface area contributed by atoms with Gasteiger partial charge in [-0.05, 0) is 12.1 Å². The fourth-order valence-corrected chi connectivity index (χ4v) is 1.43. The van der Waals surface area contributed by atoms with Gasteiger partial charge in [0.15, 0.2) is 17.9 Å². The van der Waals surface area contributed by atoms with Gasteiger partial charge in [-0.1, -0.05) is 12.1 Å². The Balaban J connectivity index is 2.20. The van der Waals surface area contributed by atoms with Crippen LogP contribution in [-0.2, 0) is 4.79 Å². The summed E-state index contributed by atoms with van der Waals surface area (Å²) in [5, 5.41) is 0. The van der Waals surface area contributed by atoms with Crippen LogP contribution in [0.4, 0.5) is 0 Å². The lowest BCUT2D eigenvalue weighted by molar-refractivity contribution is -0.109. The summed E-state index contributed by atoms with van der Waals surface area (Å²) in [5.41, 5.74) is 0.858. The van der Waals surface area contributed by atoms with Crippen molar-refractivity contribution in [3.8, 4) is 22.9 Å². The highest BCUT2D eigenvalue weighted by molar-refractivity contribution is 5.57. The molecular formula is C13H12N2O3. The third-order valence-electron chi connectivity index (χ3n) is 2.27. The van der Waals surface area contributed by atoms with Crippen LogP contribution >= 0.6 is 0 Å². The molecule has 0 unspecified atom stereocenters. The Hall–Kier alpha value is -2.43. The summed E-state index contributed by atoms with van der Waals surface area (Å²) in [6.07, 6.45) is 3.74. The third kappa shape index (κ3) is 2.82. The first-order chi connectivity index (χ1) is 8.83. The van der Waals surface area contributed by atoms with Crippen molar-refractivity contribution in [1.82, 2.24) is 9.97 Å². The minimum Gasteiger partial charge on any atom is -0.497 e. The number of methoxy groups -OCH3 is 1. The molecular weight excluding hydrogens is 232 g/mol. The smallest absolute Gasteiger partial charge is 0.159 e. The fraction of sp³-hybridized carbons (Fsp3) is 0.154. The molecule has 2 aromatic rings.